The third kappa shape index (κ3) is 7.26. The standard InChI is InChI=1S/C8H4Br2IS2.CHF3O3S/c9-5-1-3-7(12-5)11-8-4-2-6(10)13-8;2-1(3,4)8(5,6)7/h1-4H;(H,5,6,7)/q+1;/p-1. The van der Waals surface area contributed by atoms with E-state index >= 15 is 0 Å². The van der Waals surface area contributed by atoms with Crippen LogP contribution in [0.3, 0.4) is 0 Å². The van der Waals surface area contributed by atoms with Gasteiger partial charge in [-0.1, -0.05) is 22.7 Å². The Labute approximate surface area is 153 Å². The van der Waals surface area contributed by atoms with Crippen molar-refractivity contribution in [1.29, 1.82) is 0 Å². The first-order valence-corrected chi connectivity index (χ1v) is 11.4. The summed E-state index contributed by atoms with van der Waals surface area (Å²) in [6.45, 7) is 0. The van der Waals surface area contributed by atoms with E-state index in [1.54, 1.807) is 0 Å². The van der Waals surface area contributed by atoms with Crippen molar-refractivity contribution in [2.45, 2.75) is 5.51 Å². The van der Waals surface area contributed by atoms with Gasteiger partial charge in [0.25, 0.3) is 0 Å². The summed E-state index contributed by atoms with van der Waals surface area (Å²) in [6, 6.07) is 8.69. The molecule has 2 heterocycles. The van der Waals surface area contributed by atoms with Gasteiger partial charge in [-0.3, -0.25) is 0 Å². The van der Waals surface area contributed by atoms with Crippen LogP contribution in [-0.4, -0.2) is 18.5 Å². The van der Waals surface area contributed by atoms with Crippen LogP contribution in [0, 0.1) is 5.77 Å². The van der Waals surface area contributed by atoms with E-state index in [9.17, 15) is 13.2 Å². The molecular weight excluding hydrogens is 596 g/mol. The van der Waals surface area contributed by atoms with E-state index in [1.807, 2.05) is 22.7 Å². The third-order valence-electron chi connectivity index (χ3n) is 1.55. The van der Waals surface area contributed by atoms with Gasteiger partial charge in [0, 0.05) is 12.1 Å². The van der Waals surface area contributed by atoms with Gasteiger partial charge >= 0.3 is 26.7 Å². The summed E-state index contributed by atoms with van der Waals surface area (Å²) in [7, 11) is -6.09. The highest BCUT2D eigenvalue weighted by atomic mass is 127. The Hall–Kier alpha value is 0.790. The molecule has 0 radical (unpaired) electrons. The van der Waals surface area contributed by atoms with E-state index < -0.39 is 15.6 Å². The number of hydrogen-bond donors (Lipinski definition) is 0. The zero-order valence-corrected chi connectivity index (χ0v) is 17.3. The Morgan fingerprint density at radius 3 is 1.52 bits per heavy atom. The molecule has 0 bridgehead atoms. The lowest BCUT2D eigenvalue weighted by molar-refractivity contribution is -0.585. The van der Waals surface area contributed by atoms with Crippen molar-refractivity contribution >= 4 is 64.7 Å². The minimum Gasteiger partial charge on any atom is -0.741 e. The summed E-state index contributed by atoms with van der Waals surface area (Å²) in [6.07, 6.45) is 0. The number of alkyl halides is 3. The van der Waals surface area contributed by atoms with E-state index in [2.05, 4.69) is 56.1 Å². The molecule has 2 rings (SSSR count). The minimum atomic E-state index is -6.09. The van der Waals surface area contributed by atoms with Gasteiger partial charge in [-0.15, -0.1) is 0 Å². The Bertz CT molecular complexity index is 658. The maximum Gasteiger partial charge on any atom is 0.485 e. The van der Waals surface area contributed by atoms with Crippen molar-refractivity contribution in [3.8, 4) is 0 Å². The molecule has 21 heavy (non-hydrogen) atoms. The molecule has 3 nitrogen and oxygen atoms in total. The maximum absolute atomic E-state index is 10.7. The van der Waals surface area contributed by atoms with Gasteiger partial charge in [0.1, 0.15) is 0 Å². The second kappa shape index (κ2) is 8.06. The van der Waals surface area contributed by atoms with Crippen LogP contribution in [0.4, 0.5) is 13.2 Å². The van der Waals surface area contributed by atoms with Crippen LogP contribution in [0.5, 0.6) is 0 Å². The van der Waals surface area contributed by atoms with Gasteiger partial charge in [-0.25, -0.2) is 8.42 Å². The highest BCUT2D eigenvalue weighted by molar-refractivity contribution is 9.11. The SMILES string of the molecule is Brc1ccc([I+]c2ccc(Br)s2)s1.O=S(=O)([O-])C(F)(F)F. The van der Waals surface area contributed by atoms with Crippen molar-refractivity contribution in [3.05, 3.63) is 37.6 Å². The molecule has 0 amide bonds. The average Bonchev–Trinajstić information content (AvgIpc) is 2.87. The van der Waals surface area contributed by atoms with Crippen molar-refractivity contribution in [2.75, 3.05) is 0 Å². The lowest BCUT2D eigenvalue weighted by Crippen LogP contribution is -3.61. The minimum absolute atomic E-state index is 0.0474. The molecule has 0 aliphatic heterocycles. The first kappa shape index (κ1) is 19.8. The van der Waals surface area contributed by atoms with Crippen molar-refractivity contribution < 1.29 is 47.3 Å². The Morgan fingerprint density at radius 2 is 1.33 bits per heavy atom. The molecule has 0 atom stereocenters. The zero-order valence-electron chi connectivity index (χ0n) is 9.53. The zero-order chi connectivity index (χ0) is 16.3. The largest absolute Gasteiger partial charge is 0.741 e. The molecular formula is C9H4Br2F3IO3S3. The van der Waals surface area contributed by atoms with E-state index in [4.69, 9.17) is 13.0 Å². The fourth-order valence-electron chi connectivity index (χ4n) is 0.778. The Kier molecular flexibility index (Phi) is 7.61. The molecule has 0 saturated carbocycles. The molecule has 12 heteroatoms. The van der Waals surface area contributed by atoms with Crippen LogP contribution in [0.25, 0.3) is 0 Å². The predicted octanol–water partition coefficient (Wildman–Crippen LogP) is 1.51. The average molecular weight is 600 g/mol. The highest BCUT2D eigenvalue weighted by Gasteiger charge is 2.36. The van der Waals surface area contributed by atoms with Crippen molar-refractivity contribution in [2.24, 2.45) is 0 Å². The molecule has 0 aliphatic rings. The summed E-state index contributed by atoms with van der Waals surface area (Å²) < 4.78 is 64.4. The number of thiophene rings is 2. The smallest absolute Gasteiger partial charge is 0.485 e. The lowest BCUT2D eigenvalue weighted by atomic mass is 10.7. The van der Waals surface area contributed by atoms with Crippen LogP contribution in [0.15, 0.2) is 31.8 Å². The second-order valence-corrected chi connectivity index (χ2v) is 13.7. The second-order valence-electron chi connectivity index (χ2n) is 3.08. The van der Waals surface area contributed by atoms with Crippen LogP contribution in [-0.2, 0) is 10.1 Å². The number of rotatable bonds is 2. The van der Waals surface area contributed by atoms with E-state index in [1.165, 1.54) is 13.3 Å². The van der Waals surface area contributed by atoms with Gasteiger partial charge in [0.2, 0.25) is 5.77 Å². The topological polar surface area (TPSA) is 57.2 Å². The fourth-order valence-corrected chi connectivity index (χ4v) is 9.67. The monoisotopic (exact) mass is 598 g/mol. The molecule has 0 spiro atoms. The molecule has 0 unspecified atom stereocenters. The summed E-state index contributed by atoms with van der Waals surface area (Å²) in [4.78, 5) is 0. The Balaban J connectivity index is 0.000000240. The van der Waals surface area contributed by atoms with Crippen molar-refractivity contribution in [3.63, 3.8) is 0 Å². The van der Waals surface area contributed by atoms with Crippen LogP contribution in [0.2, 0.25) is 0 Å². The lowest BCUT2D eigenvalue weighted by Gasteiger charge is -2.08. The fraction of sp³-hybridized carbons (Fsp3) is 0.111. The molecule has 0 aliphatic carbocycles. The van der Waals surface area contributed by atoms with Crippen molar-refractivity contribution in [1.82, 2.24) is 0 Å². The first-order chi connectivity index (χ1) is 9.49. The van der Waals surface area contributed by atoms with Gasteiger partial charge in [-0.2, -0.15) is 13.2 Å². The maximum atomic E-state index is 10.7. The number of halogens is 6. The van der Waals surface area contributed by atoms with E-state index in [0.29, 0.717) is 0 Å². The van der Waals surface area contributed by atoms with Gasteiger partial charge in [0.05, 0.1) is 7.57 Å². The summed E-state index contributed by atoms with van der Waals surface area (Å²) in [5.74, 6) is 0. The van der Waals surface area contributed by atoms with Gasteiger partial charge < -0.3 is 4.55 Å². The third-order valence-corrected chi connectivity index (χ3v) is 9.08. The van der Waals surface area contributed by atoms with Crippen LogP contribution < -0.4 is 21.2 Å². The summed E-state index contributed by atoms with van der Waals surface area (Å²) in [5.41, 5.74) is -5.65. The molecule has 0 saturated heterocycles. The predicted molar refractivity (Wildman–Crippen MR) is 77.2 cm³/mol. The van der Waals surface area contributed by atoms with Gasteiger partial charge in [0.15, 0.2) is 10.1 Å². The molecule has 0 N–H and O–H groups in total. The van der Waals surface area contributed by atoms with Crippen LogP contribution in [0.1, 0.15) is 0 Å². The molecule has 2 aromatic heterocycles. The highest BCUT2D eigenvalue weighted by Crippen LogP contribution is 2.20. The summed E-state index contributed by atoms with van der Waals surface area (Å²) in [5, 5.41) is 0. The molecule has 2 aromatic rings. The number of hydrogen-bond acceptors (Lipinski definition) is 5. The quantitative estimate of drug-likeness (QED) is 0.299. The first-order valence-electron chi connectivity index (χ1n) is 4.66. The van der Waals surface area contributed by atoms with E-state index in [0.717, 1.165) is 0 Å². The normalized spacial score (nSPS) is 11.9. The molecule has 0 aromatic carbocycles. The molecule has 118 valence electrons. The van der Waals surface area contributed by atoms with Crippen LogP contribution >= 0.6 is 54.5 Å². The molecule has 0 fully saturated rings. The van der Waals surface area contributed by atoms with E-state index in [-0.39, 0.29) is 21.2 Å². The Morgan fingerprint density at radius 1 is 1.00 bits per heavy atom. The summed E-state index contributed by atoms with van der Waals surface area (Å²) >= 11 is 10.7. The van der Waals surface area contributed by atoms with Gasteiger partial charge in [-0.05, 0) is 44.0 Å².